The van der Waals surface area contributed by atoms with E-state index in [2.05, 4.69) is 0 Å². The average Bonchev–Trinajstić information content (AvgIpc) is 2.88. The van der Waals surface area contributed by atoms with Gasteiger partial charge < -0.3 is 9.47 Å². The van der Waals surface area contributed by atoms with Gasteiger partial charge in [-0.1, -0.05) is 91.0 Å². The van der Waals surface area contributed by atoms with Crippen molar-refractivity contribution in [3.8, 4) is 0 Å². The van der Waals surface area contributed by atoms with E-state index in [1.54, 1.807) is 18.2 Å². The number of esters is 2. The summed E-state index contributed by atoms with van der Waals surface area (Å²) >= 11 is 0. The predicted octanol–water partition coefficient (Wildman–Crippen LogP) is 6.29. The molecule has 162 valence electrons. The maximum Gasteiger partial charge on any atom is 0.343 e. The van der Waals surface area contributed by atoms with Gasteiger partial charge in [0.05, 0.1) is 18.2 Å². The number of fused-ring (bicyclic) bond motifs is 1. The van der Waals surface area contributed by atoms with Crippen LogP contribution in [0.15, 0.2) is 115 Å². The Morgan fingerprint density at radius 3 is 2.03 bits per heavy atom. The van der Waals surface area contributed by atoms with Crippen molar-refractivity contribution in [1.29, 1.82) is 0 Å². The minimum absolute atomic E-state index is 0.251. The molecule has 0 unspecified atom stereocenters. The number of rotatable bonds is 6. The maximum atomic E-state index is 13.1. The van der Waals surface area contributed by atoms with E-state index in [1.165, 1.54) is 13.2 Å². The third-order valence-electron chi connectivity index (χ3n) is 5.08. The first kappa shape index (κ1) is 21.8. The summed E-state index contributed by atoms with van der Waals surface area (Å²) in [5.74, 6) is -0.796. The van der Waals surface area contributed by atoms with E-state index in [1.807, 2.05) is 91.0 Å². The van der Waals surface area contributed by atoms with Crippen LogP contribution in [0.2, 0.25) is 0 Å². The number of ether oxygens (including phenoxy) is 2. The lowest BCUT2D eigenvalue weighted by atomic mass is 10.1. The standard InChI is InChI=1S/C29H22O4/c1-32-28(30)26(18-21-10-4-2-5-11-21)20-27(23-13-6-3-7-14-23)33-29(31)25-17-16-22-12-8-9-15-24(22)19-25/h2-20H,1H3/b26-18?,27-20-. The average molecular weight is 434 g/mol. The second-order valence-electron chi connectivity index (χ2n) is 7.33. The lowest BCUT2D eigenvalue weighted by Crippen LogP contribution is -2.08. The van der Waals surface area contributed by atoms with Crippen LogP contribution in [0.4, 0.5) is 0 Å². The normalized spacial score (nSPS) is 11.8. The number of carbonyl (C=O) groups excluding carboxylic acids is 2. The van der Waals surface area contributed by atoms with E-state index in [0.29, 0.717) is 11.1 Å². The molecule has 0 aliphatic rings. The summed E-state index contributed by atoms with van der Waals surface area (Å²) in [5, 5.41) is 1.98. The van der Waals surface area contributed by atoms with Crippen LogP contribution in [0.5, 0.6) is 0 Å². The molecule has 0 atom stereocenters. The van der Waals surface area contributed by atoms with Gasteiger partial charge in [0.2, 0.25) is 0 Å². The molecular weight excluding hydrogens is 412 g/mol. The fraction of sp³-hybridized carbons (Fsp3) is 0.0345. The first-order valence-electron chi connectivity index (χ1n) is 10.5. The molecule has 0 saturated carbocycles. The van der Waals surface area contributed by atoms with Gasteiger partial charge in [-0.15, -0.1) is 0 Å². The van der Waals surface area contributed by atoms with Gasteiger partial charge in [-0.25, -0.2) is 9.59 Å². The summed E-state index contributed by atoms with van der Waals surface area (Å²) in [6.07, 6.45) is 3.23. The van der Waals surface area contributed by atoms with Gasteiger partial charge in [-0.3, -0.25) is 0 Å². The Morgan fingerprint density at radius 2 is 1.33 bits per heavy atom. The van der Waals surface area contributed by atoms with E-state index >= 15 is 0 Å². The molecule has 0 heterocycles. The topological polar surface area (TPSA) is 52.6 Å². The van der Waals surface area contributed by atoms with Gasteiger partial charge in [0, 0.05) is 5.56 Å². The molecule has 0 aliphatic carbocycles. The van der Waals surface area contributed by atoms with E-state index in [9.17, 15) is 9.59 Å². The van der Waals surface area contributed by atoms with E-state index in [4.69, 9.17) is 9.47 Å². The van der Waals surface area contributed by atoms with Crippen molar-refractivity contribution in [2.75, 3.05) is 7.11 Å². The van der Waals surface area contributed by atoms with Crippen LogP contribution < -0.4 is 0 Å². The molecule has 4 rings (SSSR count). The number of benzene rings is 4. The fourth-order valence-electron chi connectivity index (χ4n) is 3.40. The first-order valence-corrected chi connectivity index (χ1v) is 10.5. The SMILES string of the molecule is COC(=O)C(=Cc1ccccc1)/C=C(\OC(=O)c1ccc2ccccc2c1)c1ccccc1. The second-order valence-corrected chi connectivity index (χ2v) is 7.33. The molecule has 4 aromatic rings. The van der Waals surface area contributed by atoms with E-state index in [-0.39, 0.29) is 11.3 Å². The molecule has 0 aliphatic heterocycles. The molecular formula is C29H22O4. The minimum Gasteiger partial charge on any atom is -0.465 e. The number of carbonyl (C=O) groups is 2. The highest BCUT2D eigenvalue weighted by Gasteiger charge is 2.16. The molecule has 0 spiro atoms. The summed E-state index contributed by atoms with van der Waals surface area (Å²) in [6, 6.07) is 31.8. The molecule has 0 radical (unpaired) electrons. The Balaban J connectivity index is 1.73. The second kappa shape index (κ2) is 10.2. The summed E-state index contributed by atoms with van der Waals surface area (Å²) in [5.41, 5.74) is 2.16. The van der Waals surface area contributed by atoms with Crippen molar-refractivity contribution in [1.82, 2.24) is 0 Å². The third kappa shape index (κ3) is 5.43. The van der Waals surface area contributed by atoms with Crippen molar-refractivity contribution in [3.05, 3.63) is 131 Å². The third-order valence-corrected chi connectivity index (χ3v) is 5.08. The zero-order valence-electron chi connectivity index (χ0n) is 18.1. The van der Waals surface area contributed by atoms with Crippen LogP contribution in [0.25, 0.3) is 22.6 Å². The van der Waals surface area contributed by atoms with Gasteiger partial charge in [-0.05, 0) is 40.6 Å². The molecule has 0 saturated heterocycles. The zero-order chi connectivity index (χ0) is 23.0. The molecule has 4 heteroatoms. The molecule has 33 heavy (non-hydrogen) atoms. The van der Waals surface area contributed by atoms with Gasteiger partial charge in [0.25, 0.3) is 0 Å². The zero-order valence-corrected chi connectivity index (χ0v) is 18.1. The van der Waals surface area contributed by atoms with Gasteiger partial charge in [0.15, 0.2) is 0 Å². The quantitative estimate of drug-likeness (QED) is 0.155. The van der Waals surface area contributed by atoms with Crippen molar-refractivity contribution < 1.29 is 19.1 Å². The Kier molecular flexibility index (Phi) is 6.76. The largest absolute Gasteiger partial charge is 0.465 e. The molecule has 0 bridgehead atoms. The molecule has 0 aromatic heterocycles. The lowest BCUT2D eigenvalue weighted by molar-refractivity contribution is -0.135. The molecule has 0 fully saturated rings. The Hall–Kier alpha value is -4.44. The van der Waals surface area contributed by atoms with Crippen LogP contribution in [0, 0.1) is 0 Å². The molecule has 4 nitrogen and oxygen atoms in total. The summed E-state index contributed by atoms with van der Waals surface area (Å²) in [4.78, 5) is 25.6. The summed E-state index contributed by atoms with van der Waals surface area (Å²) in [7, 11) is 1.32. The van der Waals surface area contributed by atoms with E-state index in [0.717, 1.165) is 16.3 Å². The summed E-state index contributed by atoms with van der Waals surface area (Å²) < 4.78 is 10.8. The number of methoxy groups -OCH3 is 1. The van der Waals surface area contributed by atoms with Crippen LogP contribution in [0.1, 0.15) is 21.5 Å². The van der Waals surface area contributed by atoms with Crippen LogP contribution in [-0.2, 0) is 14.3 Å². The van der Waals surface area contributed by atoms with Crippen molar-refractivity contribution in [2.45, 2.75) is 0 Å². The molecule has 4 aromatic carbocycles. The lowest BCUT2D eigenvalue weighted by Gasteiger charge is -2.11. The van der Waals surface area contributed by atoms with Gasteiger partial charge in [0.1, 0.15) is 5.76 Å². The smallest absolute Gasteiger partial charge is 0.343 e. The van der Waals surface area contributed by atoms with E-state index < -0.39 is 11.9 Å². The number of hydrogen-bond donors (Lipinski definition) is 0. The van der Waals surface area contributed by atoms with Crippen molar-refractivity contribution >= 4 is 34.5 Å². The van der Waals surface area contributed by atoms with Crippen LogP contribution >= 0.6 is 0 Å². The predicted molar refractivity (Wildman–Crippen MR) is 130 cm³/mol. The van der Waals surface area contributed by atoms with Crippen LogP contribution in [0.3, 0.4) is 0 Å². The first-order chi connectivity index (χ1) is 16.1. The Labute approximate surface area is 192 Å². The Bertz CT molecular complexity index is 1340. The number of hydrogen-bond acceptors (Lipinski definition) is 4. The van der Waals surface area contributed by atoms with Crippen molar-refractivity contribution in [2.24, 2.45) is 0 Å². The fourth-order valence-corrected chi connectivity index (χ4v) is 3.40. The summed E-state index contributed by atoms with van der Waals surface area (Å²) in [6.45, 7) is 0. The molecule has 0 N–H and O–H groups in total. The highest BCUT2D eigenvalue weighted by molar-refractivity contribution is 6.01. The van der Waals surface area contributed by atoms with Gasteiger partial charge in [-0.2, -0.15) is 0 Å². The van der Waals surface area contributed by atoms with Gasteiger partial charge >= 0.3 is 11.9 Å². The Morgan fingerprint density at radius 1 is 0.697 bits per heavy atom. The van der Waals surface area contributed by atoms with Crippen molar-refractivity contribution in [3.63, 3.8) is 0 Å². The molecule has 0 amide bonds. The van der Waals surface area contributed by atoms with Crippen LogP contribution in [-0.4, -0.2) is 19.0 Å². The maximum absolute atomic E-state index is 13.1. The minimum atomic E-state index is -0.533. The highest BCUT2D eigenvalue weighted by Crippen LogP contribution is 2.23. The monoisotopic (exact) mass is 434 g/mol. The highest BCUT2D eigenvalue weighted by atomic mass is 16.5.